The van der Waals surface area contributed by atoms with Gasteiger partial charge in [0.1, 0.15) is 0 Å². The van der Waals surface area contributed by atoms with Crippen LogP contribution >= 0.6 is 22.7 Å². The first-order valence-corrected chi connectivity index (χ1v) is 9.87. The molecule has 1 aliphatic carbocycles. The Labute approximate surface area is 153 Å². The van der Waals surface area contributed by atoms with Crippen LogP contribution in [0.2, 0.25) is 0 Å². The third kappa shape index (κ3) is 3.74. The maximum atomic E-state index is 12.3. The van der Waals surface area contributed by atoms with E-state index in [0.29, 0.717) is 16.9 Å². The Kier molecular flexibility index (Phi) is 4.54. The Balaban J connectivity index is 1.40. The van der Waals surface area contributed by atoms with Crippen molar-refractivity contribution in [2.24, 2.45) is 5.92 Å². The molecule has 4 rings (SSSR count). The van der Waals surface area contributed by atoms with E-state index >= 15 is 0 Å². The number of nitrogens with zero attached hydrogens (tertiary/aromatic N) is 4. The van der Waals surface area contributed by atoms with Crippen molar-refractivity contribution < 1.29 is 4.79 Å². The van der Waals surface area contributed by atoms with Crippen LogP contribution in [-0.2, 0) is 24.1 Å². The van der Waals surface area contributed by atoms with Crippen molar-refractivity contribution in [3.05, 3.63) is 40.1 Å². The predicted octanol–water partition coefficient (Wildman–Crippen LogP) is 3.36. The van der Waals surface area contributed by atoms with E-state index in [9.17, 15) is 4.79 Å². The highest BCUT2D eigenvalue weighted by molar-refractivity contribution is 7.16. The van der Waals surface area contributed by atoms with Gasteiger partial charge in [0.15, 0.2) is 16.0 Å². The second-order valence-electron chi connectivity index (χ2n) is 6.18. The summed E-state index contributed by atoms with van der Waals surface area (Å²) in [5.74, 6) is 1.19. The summed E-state index contributed by atoms with van der Waals surface area (Å²) in [6.45, 7) is 2.26. The van der Waals surface area contributed by atoms with Crippen LogP contribution in [-0.4, -0.2) is 25.8 Å². The van der Waals surface area contributed by atoms with Crippen molar-refractivity contribution in [3.63, 3.8) is 0 Å². The molecular formula is C17H17N5OS2. The number of aromatic nitrogens is 4. The van der Waals surface area contributed by atoms with Crippen LogP contribution < -0.4 is 5.32 Å². The number of rotatable bonds is 4. The van der Waals surface area contributed by atoms with Crippen LogP contribution in [0.15, 0.2) is 23.8 Å². The van der Waals surface area contributed by atoms with Crippen molar-refractivity contribution in [2.45, 2.75) is 32.6 Å². The van der Waals surface area contributed by atoms with Gasteiger partial charge >= 0.3 is 0 Å². The Morgan fingerprint density at radius 2 is 2.16 bits per heavy atom. The Morgan fingerprint density at radius 3 is 3.00 bits per heavy atom. The Bertz CT molecular complexity index is 890. The number of thiazole rings is 2. The van der Waals surface area contributed by atoms with Gasteiger partial charge in [0.2, 0.25) is 5.91 Å². The number of hydrogen-bond acceptors (Lipinski definition) is 7. The first-order chi connectivity index (χ1) is 12.2. The number of anilines is 1. The molecule has 1 unspecified atom stereocenters. The third-order valence-corrected chi connectivity index (χ3v) is 6.01. The van der Waals surface area contributed by atoms with Gasteiger partial charge in [0, 0.05) is 22.7 Å². The van der Waals surface area contributed by atoms with Gasteiger partial charge in [-0.2, -0.15) is 0 Å². The summed E-state index contributed by atoms with van der Waals surface area (Å²) in [4.78, 5) is 31.0. The number of hydrogen-bond donors (Lipinski definition) is 1. The van der Waals surface area contributed by atoms with Gasteiger partial charge in [-0.25, -0.2) is 19.9 Å². The zero-order valence-corrected chi connectivity index (χ0v) is 15.4. The topological polar surface area (TPSA) is 80.7 Å². The molecule has 8 heteroatoms. The average Bonchev–Trinajstić information content (AvgIpc) is 3.21. The predicted molar refractivity (Wildman–Crippen MR) is 98.8 cm³/mol. The lowest BCUT2D eigenvalue weighted by atomic mass is 9.93. The smallest absolute Gasteiger partial charge is 0.232 e. The van der Waals surface area contributed by atoms with Gasteiger partial charge in [-0.05, 0) is 31.2 Å². The fourth-order valence-electron chi connectivity index (χ4n) is 2.82. The van der Waals surface area contributed by atoms with Crippen molar-refractivity contribution in [3.8, 4) is 10.8 Å². The van der Waals surface area contributed by atoms with E-state index in [-0.39, 0.29) is 12.3 Å². The normalized spacial score (nSPS) is 16.4. The van der Waals surface area contributed by atoms with Crippen molar-refractivity contribution in [2.75, 3.05) is 5.32 Å². The summed E-state index contributed by atoms with van der Waals surface area (Å²) in [6.07, 6.45) is 6.84. The van der Waals surface area contributed by atoms with Gasteiger partial charge in [0.05, 0.1) is 17.8 Å². The molecule has 3 aromatic rings. The molecular weight excluding hydrogens is 354 g/mol. The molecule has 0 radical (unpaired) electrons. The monoisotopic (exact) mass is 371 g/mol. The van der Waals surface area contributed by atoms with Crippen LogP contribution in [0.1, 0.15) is 29.6 Å². The van der Waals surface area contributed by atoms with Crippen molar-refractivity contribution >= 4 is 33.7 Å². The zero-order chi connectivity index (χ0) is 17.2. The summed E-state index contributed by atoms with van der Waals surface area (Å²) in [7, 11) is 0. The van der Waals surface area contributed by atoms with Gasteiger partial charge in [0.25, 0.3) is 0 Å². The molecule has 25 heavy (non-hydrogen) atoms. The molecule has 0 saturated heterocycles. The number of carbonyl (C=O) groups excluding carboxylic acids is 1. The molecule has 128 valence electrons. The highest BCUT2D eigenvalue weighted by Gasteiger charge is 2.20. The summed E-state index contributed by atoms with van der Waals surface area (Å²) < 4.78 is 0. The van der Waals surface area contributed by atoms with Crippen molar-refractivity contribution in [1.82, 2.24) is 19.9 Å². The first kappa shape index (κ1) is 16.3. The fourth-order valence-corrected chi connectivity index (χ4v) is 4.77. The maximum absolute atomic E-state index is 12.3. The molecule has 1 atom stereocenters. The largest absolute Gasteiger partial charge is 0.302 e. The first-order valence-electron chi connectivity index (χ1n) is 8.17. The lowest BCUT2D eigenvalue weighted by Crippen LogP contribution is -2.14. The zero-order valence-electron chi connectivity index (χ0n) is 13.7. The standard InChI is InChI=1S/C17H17N5OS2/c1-10-3-4-12-13(7-10)25-17(21-12)22-14(23)8-11-9-24-16(20-11)15-18-5-2-6-19-15/h2,5-6,9-10H,3-4,7-8H2,1H3,(H,21,22,23). The van der Waals surface area contributed by atoms with Gasteiger partial charge in [-0.3, -0.25) is 4.79 Å². The molecule has 0 aliphatic heterocycles. The number of nitrogens with one attached hydrogen (secondary N) is 1. The van der Waals surface area contributed by atoms with Gasteiger partial charge in [-0.15, -0.1) is 22.7 Å². The van der Waals surface area contributed by atoms with Gasteiger partial charge in [-0.1, -0.05) is 6.92 Å². The van der Waals surface area contributed by atoms with E-state index in [0.717, 1.165) is 29.2 Å². The van der Waals surface area contributed by atoms with E-state index in [1.165, 1.54) is 22.6 Å². The van der Waals surface area contributed by atoms with E-state index in [4.69, 9.17) is 0 Å². The Hall–Kier alpha value is -2.19. The van der Waals surface area contributed by atoms with E-state index in [1.54, 1.807) is 29.8 Å². The number of aryl methyl sites for hydroxylation is 1. The second kappa shape index (κ2) is 6.97. The molecule has 0 saturated carbocycles. The van der Waals surface area contributed by atoms with E-state index in [2.05, 4.69) is 32.2 Å². The van der Waals surface area contributed by atoms with Crippen molar-refractivity contribution in [1.29, 1.82) is 0 Å². The molecule has 1 N–H and O–H groups in total. The highest BCUT2D eigenvalue weighted by Crippen LogP contribution is 2.32. The number of carbonyl (C=O) groups is 1. The lowest BCUT2D eigenvalue weighted by molar-refractivity contribution is -0.115. The minimum atomic E-state index is -0.0926. The number of amides is 1. The quantitative estimate of drug-likeness (QED) is 0.760. The average molecular weight is 371 g/mol. The van der Waals surface area contributed by atoms with Crippen LogP contribution in [0.5, 0.6) is 0 Å². The molecule has 0 bridgehead atoms. The summed E-state index contributed by atoms with van der Waals surface area (Å²) in [5.41, 5.74) is 1.87. The molecule has 1 aliphatic rings. The van der Waals surface area contributed by atoms with E-state index < -0.39 is 0 Å². The lowest BCUT2D eigenvalue weighted by Gasteiger charge is -2.15. The minimum absolute atomic E-state index is 0.0926. The summed E-state index contributed by atoms with van der Waals surface area (Å²) in [6, 6.07) is 1.76. The summed E-state index contributed by atoms with van der Waals surface area (Å²) >= 11 is 3.04. The second-order valence-corrected chi connectivity index (χ2v) is 8.12. The fraction of sp³-hybridized carbons (Fsp3) is 0.353. The molecule has 3 aromatic heterocycles. The molecule has 3 heterocycles. The number of fused-ring (bicyclic) bond motifs is 1. The van der Waals surface area contributed by atoms with Crippen LogP contribution in [0.4, 0.5) is 5.13 Å². The maximum Gasteiger partial charge on any atom is 0.232 e. The molecule has 0 fully saturated rings. The molecule has 0 aromatic carbocycles. The molecule has 6 nitrogen and oxygen atoms in total. The Morgan fingerprint density at radius 1 is 1.32 bits per heavy atom. The SMILES string of the molecule is CC1CCc2nc(NC(=O)Cc3csc(-c4ncccn4)n3)sc2C1. The van der Waals surface area contributed by atoms with Crippen LogP contribution in [0, 0.1) is 5.92 Å². The van der Waals surface area contributed by atoms with Gasteiger partial charge < -0.3 is 5.32 Å². The van der Waals surface area contributed by atoms with Crippen LogP contribution in [0.25, 0.3) is 10.8 Å². The minimum Gasteiger partial charge on any atom is -0.302 e. The summed E-state index contributed by atoms with van der Waals surface area (Å²) in [5, 5.41) is 6.21. The van der Waals surface area contributed by atoms with E-state index in [1.807, 2.05) is 5.38 Å². The molecule has 1 amide bonds. The third-order valence-electron chi connectivity index (χ3n) is 4.08. The molecule has 0 spiro atoms. The highest BCUT2D eigenvalue weighted by atomic mass is 32.1. The van der Waals surface area contributed by atoms with Crippen LogP contribution in [0.3, 0.4) is 0 Å².